The molecule has 20 heavy (non-hydrogen) atoms. The standard InChI is InChI=1S/C15H10Br2Cl2O/c16-7-9-5-11(18)1-3-13(9)15(20)14-4-2-12(19)6-10(14)8-17/h1-6H,7-8H2. The van der Waals surface area contributed by atoms with E-state index in [0.717, 1.165) is 11.1 Å². The van der Waals surface area contributed by atoms with Crippen LogP contribution in [0.3, 0.4) is 0 Å². The van der Waals surface area contributed by atoms with Crippen LogP contribution < -0.4 is 0 Å². The molecule has 104 valence electrons. The van der Waals surface area contributed by atoms with E-state index in [2.05, 4.69) is 31.9 Å². The normalized spacial score (nSPS) is 10.6. The van der Waals surface area contributed by atoms with Crippen LogP contribution >= 0.6 is 55.1 Å². The van der Waals surface area contributed by atoms with Gasteiger partial charge in [0.2, 0.25) is 0 Å². The number of rotatable bonds is 4. The Morgan fingerprint density at radius 3 is 1.60 bits per heavy atom. The second-order valence-corrected chi connectivity index (χ2v) is 6.19. The van der Waals surface area contributed by atoms with E-state index in [1.165, 1.54) is 0 Å². The lowest BCUT2D eigenvalue weighted by atomic mass is 9.96. The maximum Gasteiger partial charge on any atom is 0.193 e. The highest BCUT2D eigenvalue weighted by Gasteiger charge is 2.16. The van der Waals surface area contributed by atoms with Gasteiger partial charge in [0.1, 0.15) is 0 Å². The molecule has 5 heteroatoms. The van der Waals surface area contributed by atoms with Crippen LogP contribution in [0.15, 0.2) is 36.4 Å². The predicted octanol–water partition coefficient (Wildman–Crippen LogP) is 6.01. The maximum absolute atomic E-state index is 12.7. The summed E-state index contributed by atoms with van der Waals surface area (Å²) in [5.41, 5.74) is 3.04. The van der Waals surface area contributed by atoms with Gasteiger partial charge in [0, 0.05) is 31.8 Å². The molecule has 0 aliphatic heterocycles. The van der Waals surface area contributed by atoms with Gasteiger partial charge in [-0.05, 0) is 47.5 Å². The number of ketones is 1. The first kappa shape index (κ1) is 16.0. The smallest absolute Gasteiger partial charge is 0.193 e. The number of benzene rings is 2. The van der Waals surface area contributed by atoms with Crippen LogP contribution in [0.25, 0.3) is 0 Å². The number of carbonyl (C=O) groups excluding carboxylic acids is 1. The van der Waals surface area contributed by atoms with Crippen molar-refractivity contribution in [1.82, 2.24) is 0 Å². The van der Waals surface area contributed by atoms with Crippen LogP contribution in [0.4, 0.5) is 0 Å². The first-order chi connectivity index (χ1) is 9.56. The van der Waals surface area contributed by atoms with Crippen molar-refractivity contribution in [2.75, 3.05) is 0 Å². The highest BCUT2D eigenvalue weighted by atomic mass is 79.9. The molecule has 0 unspecified atom stereocenters. The van der Waals surface area contributed by atoms with Crippen molar-refractivity contribution in [3.8, 4) is 0 Å². The summed E-state index contributed by atoms with van der Waals surface area (Å²) in [4.78, 5) is 12.7. The molecule has 0 aromatic heterocycles. The van der Waals surface area contributed by atoms with Crippen molar-refractivity contribution >= 4 is 60.8 Å². The summed E-state index contributed by atoms with van der Waals surface area (Å²) in [7, 11) is 0. The van der Waals surface area contributed by atoms with E-state index in [1.54, 1.807) is 36.4 Å². The minimum atomic E-state index is -0.0257. The van der Waals surface area contributed by atoms with Crippen molar-refractivity contribution in [1.29, 1.82) is 0 Å². The lowest BCUT2D eigenvalue weighted by Gasteiger charge is -2.10. The van der Waals surface area contributed by atoms with Gasteiger partial charge < -0.3 is 0 Å². The van der Waals surface area contributed by atoms with Gasteiger partial charge in [-0.15, -0.1) is 0 Å². The maximum atomic E-state index is 12.7. The van der Waals surface area contributed by atoms with Crippen LogP contribution in [-0.4, -0.2) is 5.78 Å². The molecular weight excluding hydrogens is 427 g/mol. The molecule has 0 radical (unpaired) electrons. The zero-order valence-corrected chi connectivity index (χ0v) is 15.0. The summed E-state index contributed by atoms with van der Waals surface area (Å²) >= 11 is 18.7. The average Bonchev–Trinajstić information content (AvgIpc) is 2.46. The first-order valence-electron chi connectivity index (χ1n) is 5.80. The molecule has 1 nitrogen and oxygen atoms in total. The number of hydrogen-bond acceptors (Lipinski definition) is 1. The molecule has 0 heterocycles. The monoisotopic (exact) mass is 434 g/mol. The number of carbonyl (C=O) groups is 1. The Bertz CT molecular complexity index is 601. The highest BCUT2D eigenvalue weighted by molar-refractivity contribution is 9.08. The van der Waals surface area contributed by atoms with E-state index in [-0.39, 0.29) is 5.78 Å². The molecule has 0 saturated carbocycles. The summed E-state index contributed by atoms with van der Waals surface area (Å²) in [5, 5.41) is 2.39. The Hall–Kier alpha value is -0.350. The Morgan fingerprint density at radius 1 is 0.850 bits per heavy atom. The second kappa shape index (κ2) is 7.08. The molecule has 2 aromatic rings. The van der Waals surface area contributed by atoms with Gasteiger partial charge in [-0.1, -0.05) is 55.1 Å². The zero-order valence-electron chi connectivity index (χ0n) is 10.3. The molecule has 0 bridgehead atoms. The van der Waals surface area contributed by atoms with Gasteiger partial charge in [-0.2, -0.15) is 0 Å². The summed E-state index contributed by atoms with van der Waals surface area (Å²) in [6, 6.07) is 10.6. The quantitative estimate of drug-likeness (QED) is 0.423. The highest BCUT2D eigenvalue weighted by Crippen LogP contribution is 2.25. The number of alkyl halides is 2. The van der Waals surface area contributed by atoms with Gasteiger partial charge in [-0.25, -0.2) is 0 Å². The molecule has 2 rings (SSSR count). The lowest BCUT2D eigenvalue weighted by Crippen LogP contribution is -2.07. The fourth-order valence-electron chi connectivity index (χ4n) is 1.93. The number of hydrogen-bond donors (Lipinski definition) is 0. The average molecular weight is 437 g/mol. The number of halogens is 4. The fraction of sp³-hybridized carbons (Fsp3) is 0.133. The fourth-order valence-corrected chi connectivity index (χ4v) is 3.25. The zero-order chi connectivity index (χ0) is 14.7. The van der Waals surface area contributed by atoms with Gasteiger partial charge >= 0.3 is 0 Å². The molecule has 0 aliphatic rings. The molecule has 2 aromatic carbocycles. The topological polar surface area (TPSA) is 17.1 Å². The minimum absolute atomic E-state index is 0.0257. The van der Waals surface area contributed by atoms with Gasteiger partial charge in [0.15, 0.2) is 5.78 Å². The van der Waals surface area contributed by atoms with E-state index in [0.29, 0.717) is 31.8 Å². The van der Waals surface area contributed by atoms with E-state index in [4.69, 9.17) is 23.2 Å². The van der Waals surface area contributed by atoms with Crippen molar-refractivity contribution < 1.29 is 4.79 Å². The predicted molar refractivity (Wildman–Crippen MR) is 91.6 cm³/mol. The van der Waals surface area contributed by atoms with Gasteiger partial charge in [-0.3, -0.25) is 4.79 Å². The van der Waals surface area contributed by atoms with Crippen molar-refractivity contribution in [3.63, 3.8) is 0 Å². The minimum Gasteiger partial charge on any atom is -0.289 e. The molecule has 0 aliphatic carbocycles. The summed E-state index contributed by atoms with van der Waals surface area (Å²) in [6.45, 7) is 0. The molecular formula is C15H10Br2Cl2O. The lowest BCUT2D eigenvalue weighted by molar-refractivity contribution is 0.103. The third-order valence-electron chi connectivity index (χ3n) is 2.91. The Morgan fingerprint density at radius 2 is 1.25 bits per heavy atom. The molecule has 0 saturated heterocycles. The van der Waals surface area contributed by atoms with Gasteiger partial charge in [0.25, 0.3) is 0 Å². The van der Waals surface area contributed by atoms with Crippen LogP contribution in [0, 0.1) is 0 Å². The Kier molecular flexibility index (Phi) is 5.67. The van der Waals surface area contributed by atoms with E-state index in [9.17, 15) is 4.79 Å². The van der Waals surface area contributed by atoms with Crippen LogP contribution in [-0.2, 0) is 10.7 Å². The van der Waals surface area contributed by atoms with E-state index < -0.39 is 0 Å². The first-order valence-corrected chi connectivity index (χ1v) is 8.80. The molecule has 0 atom stereocenters. The van der Waals surface area contributed by atoms with Crippen molar-refractivity contribution in [2.24, 2.45) is 0 Å². The van der Waals surface area contributed by atoms with Gasteiger partial charge in [0.05, 0.1) is 0 Å². The summed E-state index contributed by atoms with van der Waals surface area (Å²) in [5.74, 6) is -0.0257. The Labute approximate surface area is 144 Å². The SMILES string of the molecule is O=C(c1ccc(Cl)cc1CBr)c1ccc(Cl)cc1CBr. The van der Waals surface area contributed by atoms with Crippen LogP contribution in [0.2, 0.25) is 10.0 Å². The van der Waals surface area contributed by atoms with Crippen molar-refractivity contribution in [3.05, 3.63) is 68.7 Å². The van der Waals surface area contributed by atoms with E-state index in [1.807, 2.05) is 0 Å². The third kappa shape index (κ3) is 3.45. The molecule has 0 amide bonds. The Balaban J connectivity index is 2.51. The van der Waals surface area contributed by atoms with Crippen LogP contribution in [0.1, 0.15) is 27.0 Å². The third-order valence-corrected chi connectivity index (χ3v) is 4.59. The summed E-state index contributed by atoms with van der Waals surface area (Å²) in [6.07, 6.45) is 0. The van der Waals surface area contributed by atoms with Crippen LogP contribution in [0.5, 0.6) is 0 Å². The molecule has 0 spiro atoms. The second-order valence-electron chi connectivity index (χ2n) is 4.20. The van der Waals surface area contributed by atoms with Crippen molar-refractivity contribution in [2.45, 2.75) is 10.7 Å². The molecule has 0 N–H and O–H groups in total. The van der Waals surface area contributed by atoms with E-state index >= 15 is 0 Å². The molecule has 0 fully saturated rings. The largest absolute Gasteiger partial charge is 0.289 e. The summed E-state index contributed by atoms with van der Waals surface area (Å²) < 4.78 is 0.